The molecule has 0 spiro atoms. The minimum Gasteiger partial charge on any atom is -0.381 e. The molecule has 0 saturated carbocycles. The molecule has 2 fully saturated rings. The van der Waals surface area contributed by atoms with Crippen LogP contribution in [-0.2, 0) is 6.42 Å². The average Bonchev–Trinajstić information content (AvgIpc) is 2.94. The van der Waals surface area contributed by atoms with Gasteiger partial charge >= 0.3 is 0 Å². The Morgan fingerprint density at radius 2 is 2.24 bits per heavy atom. The van der Waals surface area contributed by atoms with Crippen LogP contribution in [0.25, 0.3) is 0 Å². The first-order valence-corrected chi connectivity index (χ1v) is 6.96. The Bertz CT molecular complexity index is 388. The van der Waals surface area contributed by atoms with Gasteiger partial charge in [0.05, 0.1) is 0 Å². The molecule has 2 saturated heterocycles. The van der Waals surface area contributed by atoms with Gasteiger partial charge < -0.3 is 5.32 Å². The first kappa shape index (κ1) is 11.1. The number of rotatable bonds is 3. The predicted molar refractivity (Wildman–Crippen MR) is 72.4 cm³/mol. The van der Waals surface area contributed by atoms with Crippen LogP contribution in [-0.4, -0.2) is 30.1 Å². The van der Waals surface area contributed by atoms with Gasteiger partial charge in [0.15, 0.2) is 0 Å². The summed E-state index contributed by atoms with van der Waals surface area (Å²) in [5.41, 5.74) is 2.74. The van der Waals surface area contributed by atoms with Crippen LogP contribution < -0.4 is 5.32 Å². The minimum absolute atomic E-state index is 0.671. The second kappa shape index (κ2) is 4.69. The highest BCUT2D eigenvalue weighted by Gasteiger charge is 2.36. The summed E-state index contributed by atoms with van der Waals surface area (Å²) in [6, 6.07) is 10.4. The Hall–Kier alpha value is -1.02. The topological polar surface area (TPSA) is 15.3 Å². The van der Waals surface area contributed by atoms with E-state index >= 15 is 0 Å². The largest absolute Gasteiger partial charge is 0.381 e. The highest BCUT2D eigenvalue weighted by Crippen LogP contribution is 2.30. The molecular weight excluding hydrogens is 208 g/mol. The van der Waals surface area contributed by atoms with Crippen molar-refractivity contribution in [3.05, 3.63) is 29.8 Å². The van der Waals surface area contributed by atoms with Crippen molar-refractivity contribution in [3.8, 4) is 0 Å². The molecule has 2 aliphatic heterocycles. The third-order valence-electron chi connectivity index (χ3n) is 4.29. The number of anilines is 1. The zero-order chi connectivity index (χ0) is 11.7. The van der Waals surface area contributed by atoms with Crippen LogP contribution in [0.15, 0.2) is 24.3 Å². The van der Waals surface area contributed by atoms with E-state index in [1.807, 2.05) is 0 Å². The number of fused-ring (bicyclic) bond motifs is 1. The fourth-order valence-corrected chi connectivity index (χ4v) is 3.35. The highest BCUT2D eigenvalue weighted by molar-refractivity contribution is 5.47. The molecule has 92 valence electrons. The summed E-state index contributed by atoms with van der Waals surface area (Å²) in [5, 5.41) is 3.75. The Balaban J connectivity index is 1.70. The van der Waals surface area contributed by atoms with Gasteiger partial charge in [0.25, 0.3) is 0 Å². The van der Waals surface area contributed by atoms with E-state index in [-0.39, 0.29) is 0 Å². The Morgan fingerprint density at radius 3 is 3.12 bits per heavy atom. The van der Waals surface area contributed by atoms with Gasteiger partial charge in [-0.25, -0.2) is 0 Å². The number of aryl methyl sites for hydroxylation is 1. The molecule has 0 aromatic heterocycles. The lowest BCUT2D eigenvalue weighted by Crippen LogP contribution is -2.33. The van der Waals surface area contributed by atoms with E-state index < -0.39 is 0 Å². The lowest BCUT2D eigenvalue weighted by Gasteiger charge is -2.22. The molecule has 2 nitrogen and oxygen atoms in total. The summed E-state index contributed by atoms with van der Waals surface area (Å²) in [7, 11) is 0. The quantitative estimate of drug-likeness (QED) is 0.859. The molecule has 3 rings (SSSR count). The zero-order valence-electron chi connectivity index (χ0n) is 10.7. The Labute approximate surface area is 104 Å². The van der Waals surface area contributed by atoms with Crippen molar-refractivity contribution in [3.63, 3.8) is 0 Å². The molecule has 2 atom stereocenters. The van der Waals surface area contributed by atoms with Crippen LogP contribution in [0.1, 0.15) is 31.7 Å². The van der Waals surface area contributed by atoms with Crippen molar-refractivity contribution in [2.45, 2.75) is 44.7 Å². The second-order valence-electron chi connectivity index (χ2n) is 5.34. The van der Waals surface area contributed by atoms with Gasteiger partial charge in [-0.15, -0.1) is 0 Å². The third-order valence-corrected chi connectivity index (χ3v) is 4.29. The maximum absolute atomic E-state index is 3.75. The normalized spacial score (nSPS) is 28.3. The van der Waals surface area contributed by atoms with Crippen molar-refractivity contribution >= 4 is 5.69 Å². The fraction of sp³-hybridized carbons (Fsp3) is 0.600. The average molecular weight is 230 g/mol. The number of benzene rings is 1. The standard InChI is InChI=1S/C15H22N2/c1-2-12-5-3-6-13(11-12)16-14-8-10-17-9-4-7-15(14)17/h3,5-6,11,14-16H,2,4,7-10H2,1H3. The fourth-order valence-electron chi connectivity index (χ4n) is 3.35. The summed E-state index contributed by atoms with van der Waals surface area (Å²) in [5.74, 6) is 0. The summed E-state index contributed by atoms with van der Waals surface area (Å²) in [6.45, 7) is 4.82. The summed E-state index contributed by atoms with van der Waals surface area (Å²) >= 11 is 0. The van der Waals surface area contributed by atoms with Gasteiger partial charge in [0.1, 0.15) is 0 Å². The van der Waals surface area contributed by atoms with Gasteiger partial charge in [0.2, 0.25) is 0 Å². The van der Waals surface area contributed by atoms with Crippen LogP contribution in [0.3, 0.4) is 0 Å². The molecule has 2 heteroatoms. The van der Waals surface area contributed by atoms with Crippen LogP contribution in [0.5, 0.6) is 0 Å². The molecule has 17 heavy (non-hydrogen) atoms. The number of hydrogen-bond acceptors (Lipinski definition) is 2. The van der Waals surface area contributed by atoms with E-state index in [2.05, 4.69) is 41.4 Å². The van der Waals surface area contributed by atoms with Crippen molar-refractivity contribution < 1.29 is 0 Å². The monoisotopic (exact) mass is 230 g/mol. The molecule has 2 aliphatic rings. The predicted octanol–water partition coefficient (Wildman–Crippen LogP) is 2.90. The second-order valence-corrected chi connectivity index (χ2v) is 5.34. The molecule has 0 bridgehead atoms. The molecule has 0 aliphatic carbocycles. The van der Waals surface area contributed by atoms with Gasteiger partial charge in [-0.05, 0) is 49.9 Å². The summed E-state index contributed by atoms with van der Waals surface area (Å²) < 4.78 is 0. The van der Waals surface area contributed by atoms with E-state index in [4.69, 9.17) is 0 Å². The van der Waals surface area contributed by atoms with Crippen LogP contribution in [0.4, 0.5) is 5.69 Å². The summed E-state index contributed by atoms with van der Waals surface area (Å²) in [4.78, 5) is 2.65. The van der Waals surface area contributed by atoms with Crippen molar-refractivity contribution in [1.82, 2.24) is 4.90 Å². The van der Waals surface area contributed by atoms with Crippen LogP contribution in [0, 0.1) is 0 Å². The molecule has 0 radical (unpaired) electrons. The van der Waals surface area contributed by atoms with E-state index in [0.717, 1.165) is 12.5 Å². The van der Waals surface area contributed by atoms with Crippen LogP contribution >= 0.6 is 0 Å². The molecule has 1 aromatic rings. The molecule has 2 unspecified atom stereocenters. The minimum atomic E-state index is 0.671. The Kier molecular flexibility index (Phi) is 3.06. The lowest BCUT2D eigenvalue weighted by atomic mass is 10.1. The van der Waals surface area contributed by atoms with E-state index in [9.17, 15) is 0 Å². The van der Waals surface area contributed by atoms with Crippen molar-refractivity contribution in [2.75, 3.05) is 18.4 Å². The number of nitrogens with zero attached hydrogens (tertiary/aromatic N) is 1. The molecular formula is C15H22N2. The first-order chi connectivity index (χ1) is 8.36. The van der Waals surface area contributed by atoms with E-state index in [0.29, 0.717) is 6.04 Å². The highest BCUT2D eigenvalue weighted by atomic mass is 15.2. The first-order valence-electron chi connectivity index (χ1n) is 6.96. The number of hydrogen-bond donors (Lipinski definition) is 1. The van der Waals surface area contributed by atoms with Gasteiger partial charge in [-0.3, -0.25) is 4.90 Å². The summed E-state index contributed by atoms with van der Waals surface area (Å²) in [6.07, 6.45) is 5.19. The van der Waals surface area contributed by atoms with Crippen molar-refractivity contribution in [1.29, 1.82) is 0 Å². The maximum atomic E-state index is 3.75. The van der Waals surface area contributed by atoms with Gasteiger partial charge in [-0.1, -0.05) is 19.1 Å². The molecule has 0 amide bonds. The molecule has 1 aromatic carbocycles. The Morgan fingerprint density at radius 1 is 1.29 bits per heavy atom. The molecule has 2 heterocycles. The van der Waals surface area contributed by atoms with Gasteiger partial charge in [0, 0.05) is 24.3 Å². The molecule has 1 N–H and O–H groups in total. The third kappa shape index (κ3) is 2.19. The lowest BCUT2D eigenvalue weighted by molar-refractivity contribution is 0.318. The van der Waals surface area contributed by atoms with Crippen LogP contribution in [0.2, 0.25) is 0 Å². The number of nitrogens with one attached hydrogen (secondary N) is 1. The SMILES string of the molecule is CCc1cccc(NC2CCN3CCCC23)c1. The van der Waals surface area contributed by atoms with Crippen molar-refractivity contribution in [2.24, 2.45) is 0 Å². The van der Waals surface area contributed by atoms with Gasteiger partial charge in [-0.2, -0.15) is 0 Å². The smallest absolute Gasteiger partial charge is 0.0429 e. The maximum Gasteiger partial charge on any atom is 0.0429 e. The van der Waals surface area contributed by atoms with E-state index in [1.54, 1.807) is 0 Å². The van der Waals surface area contributed by atoms with E-state index in [1.165, 1.54) is 43.6 Å². The zero-order valence-corrected chi connectivity index (χ0v) is 10.7.